The van der Waals surface area contributed by atoms with Gasteiger partial charge < -0.3 is 10.4 Å². The molecular weight excluding hydrogens is 210 g/mol. The fraction of sp³-hybridized carbons (Fsp3) is 0.600. The molecule has 0 heterocycles. The van der Waals surface area contributed by atoms with Crippen molar-refractivity contribution in [2.24, 2.45) is 5.92 Å². The lowest BCUT2D eigenvalue weighted by molar-refractivity contribution is 0.288. The van der Waals surface area contributed by atoms with Gasteiger partial charge in [-0.25, -0.2) is 0 Å². The molecule has 0 saturated carbocycles. The zero-order valence-electron chi connectivity index (χ0n) is 11.1. The minimum absolute atomic E-state index is 0.269. The van der Waals surface area contributed by atoms with Crippen LogP contribution in [-0.2, 0) is 6.42 Å². The summed E-state index contributed by atoms with van der Waals surface area (Å²) >= 11 is 0. The van der Waals surface area contributed by atoms with Gasteiger partial charge >= 0.3 is 0 Å². The summed E-state index contributed by atoms with van der Waals surface area (Å²) in [6.45, 7) is 5.82. The maximum atomic E-state index is 8.82. The number of hydrogen-bond donors (Lipinski definition) is 2. The van der Waals surface area contributed by atoms with Gasteiger partial charge in [-0.15, -0.1) is 0 Å². The van der Waals surface area contributed by atoms with Gasteiger partial charge in [0, 0.05) is 18.8 Å². The van der Waals surface area contributed by atoms with Crippen LogP contribution in [0.2, 0.25) is 0 Å². The number of nitrogens with one attached hydrogen (secondary N) is 1. The molecule has 2 nitrogen and oxygen atoms in total. The maximum Gasteiger partial charge on any atom is 0.0434 e. The summed E-state index contributed by atoms with van der Waals surface area (Å²) in [5.41, 5.74) is 2.50. The van der Waals surface area contributed by atoms with Gasteiger partial charge in [0.2, 0.25) is 0 Å². The minimum Gasteiger partial charge on any atom is -0.396 e. The van der Waals surface area contributed by atoms with Crippen molar-refractivity contribution >= 4 is 5.69 Å². The smallest absolute Gasteiger partial charge is 0.0434 e. The second-order valence-corrected chi connectivity index (χ2v) is 4.80. The first kappa shape index (κ1) is 14.0. The Balaban J connectivity index is 2.42. The van der Waals surface area contributed by atoms with Crippen molar-refractivity contribution in [2.45, 2.75) is 39.5 Å². The van der Waals surface area contributed by atoms with Crippen LogP contribution < -0.4 is 5.32 Å². The molecule has 1 unspecified atom stereocenters. The number of aliphatic hydroxyl groups is 1. The Morgan fingerprint density at radius 2 is 2.18 bits per heavy atom. The second kappa shape index (κ2) is 8.13. The number of aliphatic hydroxyl groups excluding tert-OH is 1. The van der Waals surface area contributed by atoms with Crippen LogP contribution in [0.3, 0.4) is 0 Å². The van der Waals surface area contributed by atoms with Crippen LogP contribution in [-0.4, -0.2) is 18.3 Å². The minimum atomic E-state index is 0.269. The van der Waals surface area contributed by atoms with Crippen LogP contribution >= 0.6 is 0 Å². The first-order valence-corrected chi connectivity index (χ1v) is 6.70. The van der Waals surface area contributed by atoms with Crippen LogP contribution in [0.4, 0.5) is 5.69 Å². The number of anilines is 1. The Hall–Kier alpha value is -1.02. The SMILES string of the molecule is CCCC(C)CNc1cccc(CCCO)c1. The molecule has 0 fully saturated rings. The van der Waals surface area contributed by atoms with E-state index in [0.29, 0.717) is 0 Å². The summed E-state index contributed by atoms with van der Waals surface area (Å²) in [7, 11) is 0. The Kier molecular flexibility index (Phi) is 6.71. The topological polar surface area (TPSA) is 32.3 Å². The highest BCUT2D eigenvalue weighted by atomic mass is 16.2. The van der Waals surface area contributed by atoms with Crippen molar-refractivity contribution in [1.29, 1.82) is 0 Å². The molecule has 1 aromatic carbocycles. The molecule has 0 amide bonds. The average molecular weight is 235 g/mol. The molecule has 0 aliphatic rings. The van der Waals surface area contributed by atoms with E-state index in [-0.39, 0.29) is 6.61 Å². The van der Waals surface area contributed by atoms with Crippen molar-refractivity contribution in [3.05, 3.63) is 29.8 Å². The molecule has 0 spiro atoms. The molecular formula is C15H25NO. The molecule has 17 heavy (non-hydrogen) atoms. The largest absolute Gasteiger partial charge is 0.396 e. The Bertz CT molecular complexity index is 312. The highest BCUT2D eigenvalue weighted by Gasteiger charge is 2.01. The third kappa shape index (κ3) is 5.73. The molecule has 96 valence electrons. The summed E-state index contributed by atoms with van der Waals surface area (Å²) in [5, 5.41) is 12.3. The Morgan fingerprint density at radius 3 is 2.88 bits per heavy atom. The fourth-order valence-electron chi connectivity index (χ4n) is 2.01. The van der Waals surface area contributed by atoms with Crippen LogP contribution in [0.25, 0.3) is 0 Å². The van der Waals surface area contributed by atoms with Gasteiger partial charge in [0.05, 0.1) is 0 Å². The summed E-state index contributed by atoms with van der Waals surface area (Å²) in [5.74, 6) is 0.723. The standard InChI is InChI=1S/C15H25NO/c1-3-6-13(2)12-16-15-9-4-7-14(11-15)8-5-10-17/h4,7,9,11,13,16-17H,3,5-6,8,10,12H2,1-2H3. The predicted octanol–water partition coefficient (Wildman–Crippen LogP) is 3.46. The van der Waals surface area contributed by atoms with Crippen LogP contribution in [0.5, 0.6) is 0 Å². The van der Waals surface area contributed by atoms with E-state index in [4.69, 9.17) is 5.11 Å². The first-order chi connectivity index (χ1) is 8.26. The molecule has 1 aromatic rings. The predicted molar refractivity (Wildman–Crippen MR) is 74.4 cm³/mol. The molecule has 0 saturated heterocycles. The molecule has 0 aliphatic heterocycles. The van der Waals surface area contributed by atoms with Crippen LogP contribution in [0.1, 0.15) is 38.7 Å². The summed E-state index contributed by atoms with van der Waals surface area (Å²) in [4.78, 5) is 0. The molecule has 1 atom stereocenters. The third-order valence-corrected chi connectivity index (χ3v) is 2.99. The van der Waals surface area contributed by atoms with Crippen molar-refractivity contribution in [2.75, 3.05) is 18.5 Å². The molecule has 0 aliphatic carbocycles. The normalized spacial score (nSPS) is 12.4. The van der Waals surface area contributed by atoms with E-state index >= 15 is 0 Å². The van der Waals surface area contributed by atoms with E-state index in [1.807, 2.05) is 0 Å². The van der Waals surface area contributed by atoms with Crippen molar-refractivity contribution < 1.29 is 5.11 Å². The summed E-state index contributed by atoms with van der Waals surface area (Å²) in [6.07, 6.45) is 4.32. The average Bonchev–Trinajstić information content (AvgIpc) is 2.35. The van der Waals surface area contributed by atoms with Gasteiger partial charge in [0.25, 0.3) is 0 Å². The number of hydrogen-bond acceptors (Lipinski definition) is 2. The monoisotopic (exact) mass is 235 g/mol. The maximum absolute atomic E-state index is 8.82. The van der Waals surface area contributed by atoms with E-state index in [1.165, 1.54) is 24.1 Å². The van der Waals surface area contributed by atoms with Crippen LogP contribution in [0.15, 0.2) is 24.3 Å². The highest BCUT2D eigenvalue weighted by Crippen LogP contribution is 2.14. The van der Waals surface area contributed by atoms with Gasteiger partial charge in [-0.2, -0.15) is 0 Å². The summed E-state index contributed by atoms with van der Waals surface area (Å²) in [6, 6.07) is 8.51. The highest BCUT2D eigenvalue weighted by molar-refractivity contribution is 5.45. The number of benzene rings is 1. The lowest BCUT2D eigenvalue weighted by Crippen LogP contribution is -2.11. The first-order valence-electron chi connectivity index (χ1n) is 6.70. The van der Waals surface area contributed by atoms with Gasteiger partial charge in [0.1, 0.15) is 0 Å². The zero-order chi connectivity index (χ0) is 12.5. The second-order valence-electron chi connectivity index (χ2n) is 4.80. The fourth-order valence-corrected chi connectivity index (χ4v) is 2.01. The van der Waals surface area contributed by atoms with E-state index in [1.54, 1.807) is 0 Å². The molecule has 0 radical (unpaired) electrons. The number of rotatable bonds is 8. The zero-order valence-corrected chi connectivity index (χ0v) is 11.1. The quantitative estimate of drug-likeness (QED) is 0.723. The molecule has 0 aromatic heterocycles. The van der Waals surface area contributed by atoms with E-state index in [9.17, 15) is 0 Å². The third-order valence-electron chi connectivity index (χ3n) is 2.99. The van der Waals surface area contributed by atoms with Gasteiger partial charge in [-0.05, 0) is 42.9 Å². The van der Waals surface area contributed by atoms with E-state index in [2.05, 4.69) is 43.4 Å². The van der Waals surface area contributed by atoms with E-state index < -0.39 is 0 Å². The van der Waals surface area contributed by atoms with Gasteiger partial charge in [-0.1, -0.05) is 32.4 Å². The lowest BCUT2D eigenvalue weighted by atomic mass is 10.1. The summed E-state index contributed by atoms with van der Waals surface area (Å²) < 4.78 is 0. The van der Waals surface area contributed by atoms with Gasteiger partial charge in [0.15, 0.2) is 0 Å². The van der Waals surface area contributed by atoms with E-state index in [0.717, 1.165) is 25.3 Å². The molecule has 2 N–H and O–H groups in total. The van der Waals surface area contributed by atoms with Crippen molar-refractivity contribution in [3.63, 3.8) is 0 Å². The van der Waals surface area contributed by atoms with Gasteiger partial charge in [-0.3, -0.25) is 0 Å². The lowest BCUT2D eigenvalue weighted by Gasteiger charge is -2.13. The number of aryl methyl sites for hydroxylation is 1. The van der Waals surface area contributed by atoms with Crippen LogP contribution in [0, 0.1) is 5.92 Å². The van der Waals surface area contributed by atoms with Crippen molar-refractivity contribution in [3.8, 4) is 0 Å². The Morgan fingerprint density at radius 1 is 1.35 bits per heavy atom. The molecule has 1 rings (SSSR count). The Labute approximate surface area is 105 Å². The van der Waals surface area contributed by atoms with Crippen molar-refractivity contribution in [1.82, 2.24) is 0 Å². The molecule has 2 heteroatoms. The molecule has 0 bridgehead atoms.